The highest BCUT2D eigenvalue weighted by molar-refractivity contribution is 5.26. The summed E-state index contributed by atoms with van der Waals surface area (Å²) in [5.74, 6) is 2.70. The van der Waals surface area contributed by atoms with E-state index >= 15 is 0 Å². The summed E-state index contributed by atoms with van der Waals surface area (Å²) in [6.45, 7) is 3.93. The molecule has 0 N–H and O–H groups in total. The molecule has 1 aliphatic heterocycles. The van der Waals surface area contributed by atoms with Crippen LogP contribution in [0.1, 0.15) is 37.7 Å². The summed E-state index contributed by atoms with van der Waals surface area (Å²) >= 11 is 0. The fourth-order valence-electron chi connectivity index (χ4n) is 5.01. The van der Waals surface area contributed by atoms with Crippen LogP contribution < -0.4 is 0 Å². The van der Waals surface area contributed by atoms with Crippen LogP contribution in [0.5, 0.6) is 0 Å². The quantitative estimate of drug-likeness (QED) is 0.768. The zero-order valence-electron chi connectivity index (χ0n) is 14.2. The van der Waals surface area contributed by atoms with E-state index in [1.807, 2.05) is 0 Å². The summed E-state index contributed by atoms with van der Waals surface area (Å²) in [6.07, 6.45) is 15.2. The number of likely N-dealkylation sites (tertiary alicyclic amines) is 1. The standard InChI is InChI=1S/C22H29N/c1-2-7-18(8-3-1)9-6-15-23-16-14-22-20(17-23)13-12-19-10-4-5-11-21(19)22/h1-5,7-8,11,19-20,22H,6,9-10,12-17H2. The summed E-state index contributed by atoms with van der Waals surface area (Å²) in [5, 5.41) is 0. The molecule has 1 nitrogen and oxygen atoms in total. The zero-order chi connectivity index (χ0) is 15.5. The van der Waals surface area contributed by atoms with Crippen molar-refractivity contribution in [1.29, 1.82) is 0 Å². The Balaban J connectivity index is 1.29. The zero-order valence-corrected chi connectivity index (χ0v) is 14.2. The normalized spacial score (nSPS) is 30.4. The van der Waals surface area contributed by atoms with E-state index in [0.29, 0.717) is 0 Å². The van der Waals surface area contributed by atoms with Gasteiger partial charge in [0.25, 0.3) is 0 Å². The molecule has 122 valence electrons. The van der Waals surface area contributed by atoms with Crippen LogP contribution in [-0.4, -0.2) is 24.5 Å². The van der Waals surface area contributed by atoms with Crippen LogP contribution in [0.25, 0.3) is 0 Å². The number of fused-ring (bicyclic) bond motifs is 3. The molecular weight excluding hydrogens is 278 g/mol. The lowest BCUT2D eigenvalue weighted by atomic mass is 9.65. The van der Waals surface area contributed by atoms with Gasteiger partial charge in [0.2, 0.25) is 0 Å². The summed E-state index contributed by atoms with van der Waals surface area (Å²) < 4.78 is 0. The van der Waals surface area contributed by atoms with Crippen LogP contribution in [0.4, 0.5) is 0 Å². The van der Waals surface area contributed by atoms with Crippen LogP contribution >= 0.6 is 0 Å². The Labute approximate surface area is 141 Å². The van der Waals surface area contributed by atoms with Crippen LogP contribution in [0.3, 0.4) is 0 Å². The minimum absolute atomic E-state index is 0.880. The van der Waals surface area contributed by atoms with Crippen molar-refractivity contribution in [2.45, 2.75) is 38.5 Å². The molecule has 3 atom stereocenters. The van der Waals surface area contributed by atoms with E-state index in [2.05, 4.69) is 53.5 Å². The van der Waals surface area contributed by atoms with Gasteiger partial charge >= 0.3 is 0 Å². The molecule has 0 bridgehead atoms. The highest BCUT2D eigenvalue weighted by atomic mass is 15.1. The maximum absolute atomic E-state index is 2.74. The molecule has 23 heavy (non-hydrogen) atoms. The van der Waals surface area contributed by atoms with Gasteiger partial charge in [-0.25, -0.2) is 0 Å². The Morgan fingerprint density at radius 2 is 1.96 bits per heavy atom. The van der Waals surface area contributed by atoms with Gasteiger partial charge in [0.15, 0.2) is 0 Å². The van der Waals surface area contributed by atoms with Gasteiger partial charge in [0, 0.05) is 6.54 Å². The van der Waals surface area contributed by atoms with E-state index in [1.54, 1.807) is 5.57 Å². The van der Waals surface area contributed by atoms with Gasteiger partial charge in [-0.1, -0.05) is 54.1 Å². The van der Waals surface area contributed by atoms with Gasteiger partial charge in [-0.3, -0.25) is 0 Å². The molecule has 1 aromatic carbocycles. The van der Waals surface area contributed by atoms with Gasteiger partial charge in [0.1, 0.15) is 0 Å². The maximum Gasteiger partial charge on any atom is 0.00154 e. The Kier molecular flexibility index (Phi) is 4.66. The predicted molar refractivity (Wildman–Crippen MR) is 97.4 cm³/mol. The van der Waals surface area contributed by atoms with E-state index in [-0.39, 0.29) is 0 Å². The Morgan fingerprint density at radius 3 is 2.87 bits per heavy atom. The van der Waals surface area contributed by atoms with E-state index in [4.69, 9.17) is 0 Å². The van der Waals surface area contributed by atoms with Crippen molar-refractivity contribution in [3.8, 4) is 0 Å². The number of hydrogen-bond donors (Lipinski definition) is 0. The van der Waals surface area contributed by atoms with Gasteiger partial charge in [-0.2, -0.15) is 0 Å². The largest absolute Gasteiger partial charge is 0.303 e. The minimum Gasteiger partial charge on any atom is -0.303 e. The summed E-state index contributed by atoms with van der Waals surface area (Å²) in [5.41, 5.74) is 3.29. The lowest BCUT2D eigenvalue weighted by Crippen LogP contribution is -2.44. The second kappa shape index (κ2) is 7.05. The van der Waals surface area contributed by atoms with Crippen molar-refractivity contribution in [3.63, 3.8) is 0 Å². The number of benzene rings is 1. The van der Waals surface area contributed by atoms with Gasteiger partial charge in [-0.15, -0.1) is 0 Å². The summed E-state index contributed by atoms with van der Waals surface area (Å²) in [6, 6.07) is 10.9. The lowest BCUT2D eigenvalue weighted by Gasteiger charge is -2.46. The van der Waals surface area contributed by atoms with Crippen molar-refractivity contribution < 1.29 is 0 Å². The average molecular weight is 307 g/mol. The Morgan fingerprint density at radius 1 is 1.04 bits per heavy atom. The molecular formula is C22H29N. The van der Waals surface area contributed by atoms with Crippen molar-refractivity contribution in [1.82, 2.24) is 4.90 Å². The molecule has 1 saturated carbocycles. The number of nitrogens with zero attached hydrogens (tertiary/aromatic N) is 1. The molecule has 0 spiro atoms. The lowest BCUT2D eigenvalue weighted by molar-refractivity contribution is 0.101. The monoisotopic (exact) mass is 307 g/mol. The first-order valence-electron chi connectivity index (χ1n) is 9.53. The predicted octanol–water partition coefficient (Wildman–Crippen LogP) is 4.85. The smallest absolute Gasteiger partial charge is 0.00154 e. The van der Waals surface area contributed by atoms with Crippen molar-refractivity contribution in [3.05, 3.63) is 59.7 Å². The van der Waals surface area contributed by atoms with E-state index in [0.717, 1.165) is 17.8 Å². The molecule has 2 aliphatic carbocycles. The molecule has 3 unspecified atom stereocenters. The minimum atomic E-state index is 0.880. The molecule has 0 radical (unpaired) electrons. The fourth-order valence-corrected chi connectivity index (χ4v) is 5.01. The number of aryl methyl sites for hydroxylation is 1. The fraction of sp³-hybridized carbons (Fsp3) is 0.545. The summed E-state index contributed by atoms with van der Waals surface area (Å²) in [4.78, 5) is 2.74. The number of hydrogen-bond acceptors (Lipinski definition) is 1. The van der Waals surface area contributed by atoms with Crippen molar-refractivity contribution >= 4 is 0 Å². The second-order valence-electron chi connectivity index (χ2n) is 7.65. The van der Waals surface area contributed by atoms with Crippen LogP contribution in [0.15, 0.2) is 54.1 Å². The van der Waals surface area contributed by atoms with Gasteiger partial charge < -0.3 is 4.90 Å². The molecule has 1 aromatic rings. The highest BCUT2D eigenvalue weighted by Crippen LogP contribution is 2.45. The Hall–Kier alpha value is -1.34. The number of rotatable bonds is 4. The maximum atomic E-state index is 2.74. The SMILES string of the molecule is C1=CCC2CCC3CN(CCCc4ccccc4)CCC3C2=C1. The second-order valence-corrected chi connectivity index (χ2v) is 7.65. The number of allylic oxidation sites excluding steroid dienone is 4. The van der Waals surface area contributed by atoms with Crippen LogP contribution in [0, 0.1) is 17.8 Å². The van der Waals surface area contributed by atoms with Gasteiger partial charge in [-0.05, 0) is 74.9 Å². The topological polar surface area (TPSA) is 3.24 Å². The molecule has 2 fully saturated rings. The molecule has 1 heterocycles. The molecule has 3 aliphatic rings. The first-order valence-corrected chi connectivity index (χ1v) is 9.53. The van der Waals surface area contributed by atoms with Gasteiger partial charge in [0.05, 0.1) is 0 Å². The van der Waals surface area contributed by atoms with Crippen LogP contribution in [0.2, 0.25) is 0 Å². The van der Waals surface area contributed by atoms with E-state index < -0.39 is 0 Å². The highest BCUT2D eigenvalue weighted by Gasteiger charge is 2.37. The molecule has 1 heteroatoms. The van der Waals surface area contributed by atoms with E-state index in [1.165, 1.54) is 63.7 Å². The average Bonchev–Trinajstić information content (AvgIpc) is 2.62. The first-order chi connectivity index (χ1) is 11.4. The molecule has 4 rings (SSSR count). The summed E-state index contributed by atoms with van der Waals surface area (Å²) in [7, 11) is 0. The third-order valence-electron chi connectivity index (χ3n) is 6.23. The molecule has 0 aromatic heterocycles. The number of piperidine rings is 1. The Bertz CT molecular complexity index is 571. The van der Waals surface area contributed by atoms with Crippen molar-refractivity contribution in [2.75, 3.05) is 19.6 Å². The third-order valence-corrected chi connectivity index (χ3v) is 6.23. The van der Waals surface area contributed by atoms with E-state index in [9.17, 15) is 0 Å². The van der Waals surface area contributed by atoms with Crippen LogP contribution in [-0.2, 0) is 6.42 Å². The van der Waals surface area contributed by atoms with Crippen molar-refractivity contribution in [2.24, 2.45) is 17.8 Å². The molecule has 0 amide bonds. The first kappa shape index (κ1) is 15.2. The third kappa shape index (κ3) is 3.45. The molecule has 1 saturated heterocycles.